The van der Waals surface area contributed by atoms with Crippen LogP contribution in [0.25, 0.3) is 0 Å². The van der Waals surface area contributed by atoms with Crippen LogP contribution >= 0.6 is 11.6 Å². The normalized spacial score (nSPS) is 13.1. The molecule has 4 heteroatoms. The molecule has 0 aromatic heterocycles. The molecule has 1 aromatic carbocycles. The Balaban J connectivity index is 3.05. The summed E-state index contributed by atoms with van der Waals surface area (Å²) < 4.78 is 0. The summed E-state index contributed by atoms with van der Waals surface area (Å²) in [5, 5.41) is 15.7. The van der Waals surface area contributed by atoms with Crippen LogP contribution in [0.1, 0.15) is 18.4 Å². The highest BCUT2D eigenvalue weighted by Crippen LogP contribution is 2.20. The second-order valence-corrected chi connectivity index (χ2v) is 4.14. The van der Waals surface area contributed by atoms with E-state index >= 15 is 0 Å². The summed E-state index contributed by atoms with van der Waals surface area (Å²) in [7, 11) is 3.66. The van der Waals surface area contributed by atoms with E-state index in [1.807, 2.05) is 33.2 Å². The molecule has 0 aliphatic heterocycles. The summed E-state index contributed by atoms with van der Waals surface area (Å²) in [5.74, 6) is -0.346. The lowest BCUT2D eigenvalue weighted by atomic mass is 9.96. The third-order valence-electron chi connectivity index (χ3n) is 2.09. The van der Waals surface area contributed by atoms with Crippen LogP contribution in [0.15, 0.2) is 29.4 Å². The molecule has 0 saturated carbocycles. The Morgan fingerprint density at radius 1 is 1.50 bits per heavy atom. The maximum atomic E-state index is 9.16. The molecule has 0 fully saturated rings. The van der Waals surface area contributed by atoms with Crippen molar-refractivity contribution in [2.75, 3.05) is 14.1 Å². The van der Waals surface area contributed by atoms with Crippen molar-refractivity contribution in [1.82, 2.24) is 5.01 Å². The molecule has 0 saturated heterocycles. The first-order valence-electron chi connectivity index (χ1n) is 4.92. The molecule has 0 aliphatic rings. The Morgan fingerprint density at radius 2 is 2.19 bits per heavy atom. The van der Waals surface area contributed by atoms with Crippen molar-refractivity contribution < 1.29 is 0 Å². The van der Waals surface area contributed by atoms with Crippen LogP contribution in [0, 0.1) is 11.3 Å². The first-order chi connectivity index (χ1) is 7.54. The number of benzene rings is 1. The fourth-order valence-electron chi connectivity index (χ4n) is 1.47. The van der Waals surface area contributed by atoms with Crippen molar-refractivity contribution in [2.24, 2.45) is 5.10 Å². The van der Waals surface area contributed by atoms with Crippen molar-refractivity contribution in [3.63, 3.8) is 0 Å². The molecule has 0 radical (unpaired) electrons. The van der Waals surface area contributed by atoms with Gasteiger partial charge >= 0.3 is 0 Å². The lowest BCUT2D eigenvalue weighted by molar-refractivity contribution is 0.436. The number of hydrogen-bond donors (Lipinski definition) is 0. The Labute approximate surface area is 101 Å². The van der Waals surface area contributed by atoms with E-state index in [2.05, 4.69) is 11.2 Å². The van der Waals surface area contributed by atoms with Gasteiger partial charge in [-0.05, 0) is 24.6 Å². The number of halogens is 1. The van der Waals surface area contributed by atoms with Gasteiger partial charge in [0.25, 0.3) is 0 Å². The molecule has 0 amide bonds. The fraction of sp³-hybridized carbons (Fsp3) is 0.333. The SMILES string of the molecule is C/C(=N\N(C)C)C(C#N)c1cccc(Cl)c1. The van der Waals surface area contributed by atoms with E-state index in [9.17, 15) is 0 Å². The van der Waals surface area contributed by atoms with E-state index in [1.165, 1.54) is 0 Å². The molecule has 1 aromatic rings. The smallest absolute Gasteiger partial charge is 0.111 e. The molecule has 1 atom stereocenters. The minimum Gasteiger partial charge on any atom is -0.303 e. The summed E-state index contributed by atoms with van der Waals surface area (Å²) in [6.07, 6.45) is 0. The van der Waals surface area contributed by atoms with Crippen LogP contribution in [0.2, 0.25) is 5.02 Å². The molecule has 1 unspecified atom stereocenters. The van der Waals surface area contributed by atoms with Crippen LogP contribution in [-0.4, -0.2) is 24.8 Å². The van der Waals surface area contributed by atoms with E-state index in [-0.39, 0.29) is 5.92 Å². The molecule has 1 rings (SSSR count). The molecular weight excluding hydrogens is 222 g/mol. The van der Waals surface area contributed by atoms with E-state index in [0.717, 1.165) is 11.3 Å². The van der Waals surface area contributed by atoms with Crippen LogP contribution in [0.4, 0.5) is 0 Å². The minimum atomic E-state index is -0.346. The van der Waals surface area contributed by atoms with Crippen molar-refractivity contribution >= 4 is 17.3 Å². The minimum absolute atomic E-state index is 0.346. The molecule has 0 aliphatic carbocycles. The molecular formula is C12H14ClN3. The van der Waals surface area contributed by atoms with Crippen LogP contribution < -0.4 is 0 Å². The highest BCUT2D eigenvalue weighted by atomic mass is 35.5. The number of rotatable bonds is 3. The highest BCUT2D eigenvalue weighted by Gasteiger charge is 2.14. The Morgan fingerprint density at radius 3 is 2.69 bits per heavy atom. The highest BCUT2D eigenvalue weighted by molar-refractivity contribution is 6.30. The predicted octanol–water partition coefficient (Wildman–Crippen LogP) is 2.88. The third-order valence-corrected chi connectivity index (χ3v) is 2.32. The van der Waals surface area contributed by atoms with Crippen molar-refractivity contribution in [3.05, 3.63) is 34.9 Å². The summed E-state index contributed by atoms with van der Waals surface area (Å²) in [6.45, 7) is 1.84. The average molecular weight is 236 g/mol. The molecule has 16 heavy (non-hydrogen) atoms. The molecule has 0 spiro atoms. The number of nitrogens with zero attached hydrogens (tertiary/aromatic N) is 3. The fourth-order valence-corrected chi connectivity index (χ4v) is 1.67. The first kappa shape index (κ1) is 12.5. The van der Waals surface area contributed by atoms with Crippen LogP contribution in [-0.2, 0) is 0 Å². The van der Waals surface area contributed by atoms with Gasteiger partial charge in [-0.15, -0.1) is 0 Å². The second-order valence-electron chi connectivity index (χ2n) is 3.71. The van der Waals surface area contributed by atoms with Gasteiger partial charge in [-0.1, -0.05) is 23.7 Å². The Hall–Kier alpha value is -1.53. The zero-order valence-electron chi connectivity index (χ0n) is 9.61. The van der Waals surface area contributed by atoms with Gasteiger partial charge in [0.05, 0.1) is 11.8 Å². The monoisotopic (exact) mass is 235 g/mol. The van der Waals surface area contributed by atoms with E-state index in [0.29, 0.717) is 5.02 Å². The predicted molar refractivity (Wildman–Crippen MR) is 66.6 cm³/mol. The van der Waals surface area contributed by atoms with Crippen LogP contribution in [0.5, 0.6) is 0 Å². The standard InChI is InChI=1S/C12H14ClN3/c1-9(15-16(2)3)12(8-14)10-5-4-6-11(13)7-10/h4-7,12H,1-3H3/b15-9+. The van der Waals surface area contributed by atoms with E-state index in [4.69, 9.17) is 16.9 Å². The van der Waals surface area contributed by atoms with Gasteiger partial charge in [-0.3, -0.25) is 0 Å². The average Bonchev–Trinajstić information content (AvgIpc) is 2.17. The van der Waals surface area contributed by atoms with Crippen molar-refractivity contribution in [1.29, 1.82) is 5.26 Å². The summed E-state index contributed by atoms with van der Waals surface area (Å²) in [5.41, 5.74) is 1.63. The number of nitriles is 1. The topological polar surface area (TPSA) is 39.4 Å². The summed E-state index contributed by atoms with van der Waals surface area (Å²) >= 11 is 5.90. The number of hydrogen-bond acceptors (Lipinski definition) is 3. The largest absolute Gasteiger partial charge is 0.303 e. The van der Waals surface area contributed by atoms with Gasteiger partial charge in [0.1, 0.15) is 5.92 Å². The van der Waals surface area contributed by atoms with Gasteiger partial charge in [0.15, 0.2) is 0 Å². The summed E-state index contributed by atoms with van der Waals surface area (Å²) in [6, 6.07) is 9.54. The molecule has 3 nitrogen and oxygen atoms in total. The lowest BCUT2D eigenvalue weighted by Gasteiger charge is -2.12. The van der Waals surface area contributed by atoms with E-state index < -0.39 is 0 Å². The van der Waals surface area contributed by atoms with Gasteiger partial charge in [-0.2, -0.15) is 10.4 Å². The van der Waals surface area contributed by atoms with Gasteiger partial charge < -0.3 is 5.01 Å². The zero-order chi connectivity index (χ0) is 12.1. The second kappa shape index (κ2) is 5.53. The molecule has 0 heterocycles. The molecule has 84 valence electrons. The van der Waals surface area contributed by atoms with Crippen LogP contribution in [0.3, 0.4) is 0 Å². The Bertz CT molecular complexity index is 432. The van der Waals surface area contributed by atoms with Gasteiger partial charge in [0.2, 0.25) is 0 Å². The van der Waals surface area contributed by atoms with E-state index in [1.54, 1.807) is 17.1 Å². The number of hydrazone groups is 1. The zero-order valence-corrected chi connectivity index (χ0v) is 10.4. The maximum absolute atomic E-state index is 9.16. The Kier molecular flexibility index (Phi) is 4.33. The lowest BCUT2D eigenvalue weighted by Crippen LogP contribution is -2.13. The maximum Gasteiger partial charge on any atom is 0.111 e. The van der Waals surface area contributed by atoms with Crippen molar-refractivity contribution in [3.8, 4) is 6.07 Å². The summed E-state index contributed by atoms with van der Waals surface area (Å²) in [4.78, 5) is 0. The first-order valence-corrected chi connectivity index (χ1v) is 5.30. The quantitative estimate of drug-likeness (QED) is 0.597. The molecule has 0 N–H and O–H groups in total. The third kappa shape index (κ3) is 3.25. The van der Waals surface area contributed by atoms with Gasteiger partial charge in [-0.25, -0.2) is 0 Å². The molecule has 0 bridgehead atoms. The van der Waals surface area contributed by atoms with Crippen molar-refractivity contribution in [2.45, 2.75) is 12.8 Å². The van der Waals surface area contributed by atoms with Gasteiger partial charge in [0, 0.05) is 19.1 Å².